The highest BCUT2D eigenvalue weighted by Crippen LogP contribution is 2.45. The molecule has 0 aromatic rings. The molecule has 1 amide bonds. The van der Waals surface area contributed by atoms with Gasteiger partial charge in [-0.25, -0.2) is 0 Å². The molecule has 0 bridgehead atoms. The molecule has 2 fully saturated rings. The molecule has 1 heterocycles. The first-order chi connectivity index (χ1) is 9.37. The van der Waals surface area contributed by atoms with Crippen LogP contribution >= 0.6 is 0 Å². The largest absolute Gasteiger partial charge is 0.381 e. The lowest BCUT2D eigenvalue weighted by Gasteiger charge is -2.48. The molecule has 1 aliphatic carbocycles. The molecular formula is C16H30N2O2. The normalized spacial score (nSPS) is 35.0. The minimum Gasteiger partial charge on any atom is -0.381 e. The monoisotopic (exact) mass is 282 g/mol. The van der Waals surface area contributed by atoms with Crippen LogP contribution in [0.1, 0.15) is 46.5 Å². The summed E-state index contributed by atoms with van der Waals surface area (Å²) >= 11 is 0. The second kappa shape index (κ2) is 6.02. The summed E-state index contributed by atoms with van der Waals surface area (Å²) < 4.78 is 5.38. The molecular weight excluding hydrogens is 252 g/mol. The summed E-state index contributed by atoms with van der Waals surface area (Å²) in [6, 6.07) is 0.230. The molecule has 0 aromatic carbocycles. The number of likely N-dealkylation sites (tertiary alicyclic amines) is 1. The van der Waals surface area contributed by atoms with Gasteiger partial charge in [0.2, 0.25) is 5.91 Å². The van der Waals surface area contributed by atoms with E-state index in [2.05, 4.69) is 20.8 Å². The van der Waals surface area contributed by atoms with E-state index >= 15 is 0 Å². The summed E-state index contributed by atoms with van der Waals surface area (Å²) in [5, 5.41) is 0. The van der Waals surface area contributed by atoms with Gasteiger partial charge in [0.15, 0.2) is 0 Å². The Bertz CT molecular complexity index is 348. The Morgan fingerprint density at radius 3 is 2.35 bits per heavy atom. The maximum absolute atomic E-state index is 12.9. The molecule has 0 aromatic heterocycles. The Morgan fingerprint density at radius 2 is 1.80 bits per heavy atom. The smallest absolute Gasteiger partial charge is 0.226 e. The molecule has 0 radical (unpaired) electrons. The van der Waals surface area contributed by atoms with Crippen molar-refractivity contribution >= 4 is 5.91 Å². The van der Waals surface area contributed by atoms with Crippen molar-refractivity contribution in [2.75, 3.05) is 20.2 Å². The average Bonchev–Trinajstić information content (AvgIpc) is 2.44. The lowest BCUT2D eigenvalue weighted by atomic mass is 9.60. The molecule has 3 atom stereocenters. The van der Waals surface area contributed by atoms with Gasteiger partial charge >= 0.3 is 0 Å². The molecule has 2 rings (SSSR count). The Kier molecular flexibility index (Phi) is 4.75. The molecule has 4 nitrogen and oxygen atoms in total. The van der Waals surface area contributed by atoms with E-state index in [0.717, 1.165) is 38.8 Å². The highest BCUT2D eigenvalue weighted by molar-refractivity contribution is 5.80. The molecule has 4 heteroatoms. The summed E-state index contributed by atoms with van der Waals surface area (Å²) in [5.74, 6) is 0.849. The van der Waals surface area contributed by atoms with Crippen LogP contribution in [0.15, 0.2) is 0 Å². The van der Waals surface area contributed by atoms with Crippen molar-refractivity contribution in [1.29, 1.82) is 0 Å². The van der Waals surface area contributed by atoms with Crippen LogP contribution in [0.5, 0.6) is 0 Å². The van der Waals surface area contributed by atoms with Crippen LogP contribution in [0.3, 0.4) is 0 Å². The van der Waals surface area contributed by atoms with Crippen LogP contribution in [-0.2, 0) is 9.53 Å². The van der Waals surface area contributed by atoms with Gasteiger partial charge < -0.3 is 15.4 Å². The summed E-state index contributed by atoms with van der Waals surface area (Å²) in [7, 11) is 1.76. The average molecular weight is 282 g/mol. The highest BCUT2D eigenvalue weighted by Gasteiger charge is 2.46. The van der Waals surface area contributed by atoms with Crippen molar-refractivity contribution < 1.29 is 9.53 Å². The first-order valence-corrected chi connectivity index (χ1v) is 7.95. The number of nitrogens with two attached hydrogens (primary N) is 1. The Labute approximate surface area is 123 Å². The topological polar surface area (TPSA) is 55.6 Å². The van der Waals surface area contributed by atoms with Gasteiger partial charge in [0.1, 0.15) is 0 Å². The lowest BCUT2D eigenvalue weighted by molar-refractivity contribution is -0.145. The van der Waals surface area contributed by atoms with E-state index < -0.39 is 0 Å². The number of methoxy groups -OCH3 is 1. The van der Waals surface area contributed by atoms with Crippen molar-refractivity contribution in [3.63, 3.8) is 0 Å². The molecule has 3 unspecified atom stereocenters. The molecule has 116 valence electrons. The fraction of sp³-hybridized carbons (Fsp3) is 0.938. The number of hydrogen-bond donors (Lipinski definition) is 1. The Balaban J connectivity index is 2.02. The highest BCUT2D eigenvalue weighted by atomic mass is 16.5. The van der Waals surface area contributed by atoms with Crippen LogP contribution in [0, 0.1) is 17.3 Å². The first-order valence-electron chi connectivity index (χ1n) is 7.95. The SMILES string of the molecule is COC1CCN(C(=O)C2CCC(N)C(C)C2(C)C)CC1. The van der Waals surface area contributed by atoms with Gasteiger partial charge in [-0.2, -0.15) is 0 Å². The number of amides is 1. The third-order valence-corrected chi connectivity index (χ3v) is 5.89. The van der Waals surface area contributed by atoms with Gasteiger partial charge in [0.25, 0.3) is 0 Å². The van der Waals surface area contributed by atoms with Crippen LogP contribution in [0.25, 0.3) is 0 Å². The van der Waals surface area contributed by atoms with Crippen molar-refractivity contribution in [1.82, 2.24) is 4.90 Å². The zero-order chi connectivity index (χ0) is 14.9. The summed E-state index contributed by atoms with van der Waals surface area (Å²) in [5.41, 5.74) is 6.18. The summed E-state index contributed by atoms with van der Waals surface area (Å²) in [4.78, 5) is 14.9. The second-order valence-electron chi connectivity index (χ2n) is 7.16. The van der Waals surface area contributed by atoms with Crippen molar-refractivity contribution in [3.05, 3.63) is 0 Å². The number of carbonyl (C=O) groups is 1. The Morgan fingerprint density at radius 1 is 1.20 bits per heavy atom. The number of hydrogen-bond acceptors (Lipinski definition) is 3. The molecule has 1 aliphatic heterocycles. The third-order valence-electron chi connectivity index (χ3n) is 5.89. The molecule has 0 spiro atoms. The molecule has 1 saturated carbocycles. The van der Waals surface area contributed by atoms with Gasteiger partial charge in [-0.1, -0.05) is 20.8 Å². The van der Waals surface area contributed by atoms with Crippen molar-refractivity contribution in [3.8, 4) is 0 Å². The van der Waals surface area contributed by atoms with Gasteiger partial charge in [0, 0.05) is 32.2 Å². The number of carbonyl (C=O) groups excluding carboxylic acids is 1. The van der Waals surface area contributed by atoms with E-state index in [9.17, 15) is 4.79 Å². The number of ether oxygens (including phenoxy) is 1. The van der Waals surface area contributed by atoms with E-state index in [4.69, 9.17) is 10.5 Å². The molecule has 1 saturated heterocycles. The van der Waals surface area contributed by atoms with Gasteiger partial charge in [-0.05, 0) is 37.0 Å². The number of rotatable bonds is 2. The molecule has 20 heavy (non-hydrogen) atoms. The quantitative estimate of drug-likeness (QED) is 0.843. The maximum atomic E-state index is 12.9. The minimum atomic E-state index is -0.00709. The molecule has 2 aliphatic rings. The standard InChI is InChI=1S/C16H30N2O2/c1-11-14(17)6-5-13(16(11,2)3)15(19)18-9-7-12(20-4)8-10-18/h11-14H,5-10,17H2,1-4H3. The fourth-order valence-corrected chi connectivity index (χ4v) is 3.82. The van der Waals surface area contributed by atoms with E-state index in [1.54, 1.807) is 7.11 Å². The first kappa shape index (κ1) is 15.8. The molecule has 2 N–H and O–H groups in total. The minimum absolute atomic E-state index is 0.00709. The van der Waals surface area contributed by atoms with Crippen LogP contribution in [-0.4, -0.2) is 43.2 Å². The lowest BCUT2D eigenvalue weighted by Crippen LogP contribution is -2.53. The van der Waals surface area contributed by atoms with Crippen molar-refractivity contribution in [2.24, 2.45) is 23.0 Å². The number of nitrogens with zero attached hydrogens (tertiary/aromatic N) is 1. The Hall–Kier alpha value is -0.610. The number of piperidine rings is 1. The summed E-state index contributed by atoms with van der Waals surface area (Å²) in [6.45, 7) is 8.29. The van der Waals surface area contributed by atoms with Crippen molar-refractivity contribution in [2.45, 2.75) is 58.6 Å². The van der Waals surface area contributed by atoms with E-state index in [1.165, 1.54) is 0 Å². The maximum Gasteiger partial charge on any atom is 0.226 e. The van der Waals surface area contributed by atoms with E-state index in [0.29, 0.717) is 17.9 Å². The predicted octanol–water partition coefficient (Wildman–Crippen LogP) is 2.02. The van der Waals surface area contributed by atoms with Crippen LogP contribution in [0.2, 0.25) is 0 Å². The van der Waals surface area contributed by atoms with E-state index in [-0.39, 0.29) is 17.4 Å². The third kappa shape index (κ3) is 2.86. The van der Waals surface area contributed by atoms with Gasteiger partial charge in [0.05, 0.1) is 6.10 Å². The second-order valence-corrected chi connectivity index (χ2v) is 7.16. The van der Waals surface area contributed by atoms with Crippen LogP contribution < -0.4 is 5.73 Å². The predicted molar refractivity (Wildman–Crippen MR) is 80.3 cm³/mol. The fourth-order valence-electron chi connectivity index (χ4n) is 3.82. The zero-order valence-electron chi connectivity index (χ0n) is 13.4. The zero-order valence-corrected chi connectivity index (χ0v) is 13.4. The van der Waals surface area contributed by atoms with E-state index in [1.807, 2.05) is 4.90 Å². The summed E-state index contributed by atoms with van der Waals surface area (Å²) in [6.07, 6.45) is 4.15. The van der Waals surface area contributed by atoms with Gasteiger partial charge in [-0.15, -0.1) is 0 Å². The van der Waals surface area contributed by atoms with Crippen LogP contribution in [0.4, 0.5) is 0 Å². The van der Waals surface area contributed by atoms with Gasteiger partial charge in [-0.3, -0.25) is 4.79 Å².